The second-order valence-corrected chi connectivity index (χ2v) is 5.86. The Labute approximate surface area is 143 Å². The smallest absolute Gasteiger partial charge is 0.261 e. The van der Waals surface area contributed by atoms with Crippen LogP contribution in [0, 0.1) is 6.92 Å². The molecule has 4 aromatic rings. The molecule has 0 aliphatic rings. The van der Waals surface area contributed by atoms with Gasteiger partial charge < -0.3 is 10.3 Å². The molecular weight excluding hydrogens is 314 g/mol. The number of H-pyrrole nitrogens is 1. The van der Waals surface area contributed by atoms with Crippen LogP contribution >= 0.6 is 0 Å². The first kappa shape index (κ1) is 15.1. The maximum Gasteiger partial charge on any atom is 0.261 e. The molecule has 5 heteroatoms. The topological polar surface area (TPSA) is 74.8 Å². The third kappa shape index (κ3) is 2.55. The molecule has 25 heavy (non-hydrogen) atoms. The Bertz CT molecular complexity index is 1180. The highest BCUT2D eigenvalue weighted by atomic mass is 16.2. The van der Waals surface area contributed by atoms with Crippen molar-refractivity contribution in [2.45, 2.75) is 6.92 Å². The van der Waals surface area contributed by atoms with Crippen LogP contribution in [0.25, 0.3) is 21.8 Å². The Balaban J connectivity index is 1.78. The number of hydrogen-bond acceptors (Lipinski definition) is 3. The average molecular weight is 329 g/mol. The first-order valence-electron chi connectivity index (χ1n) is 7.91. The number of amides is 1. The van der Waals surface area contributed by atoms with Crippen molar-refractivity contribution in [2.24, 2.45) is 0 Å². The molecule has 0 unspecified atom stereocenters. The third-order valence-electron chi connectivity index (χ3n) is 4.25. The molecule has 2 aromatic carbocycles. The molecule has 0 bridgehead atoms. The van der Waals surface area contributed by atoms with Crippen molar-refractivity contribution in [3.05, 3.63) is 82.3 Å². The van der Waals surface area contributed by atoms with E-state index in [1.54, 1.807) is 24.4 Å². The number of rotatable bonds is 2. The number of benzene rings is 2. The van der Waals surface area contributed by atoms with Crippen molar-refractivity contribution < 1.29 is 4.79 Å². The van der Waals surface area contributed by atoms with Crippen LogP contribution in [-0.2, 0) is 0 Å². The number of para-hydroxylation sites is 1. The summed E-state index contributed by atoms with van der Waals surface area (Å²) in [5.41, 5.74) is 2.97. The number of nitrogens with zero attached hydrogens (tertiary/aromatic N) is 1. The molecule has 0 atom stereocenters. The standard InChI is InChI=1S/C20H15N3O2/c1-12-8-9-17(13-6-4-10-21-18(12)13)23-20(25)15-11-22-16-7-3-2-5-14(16)19(15)24/h2-11H,1H3,(H,22,24)(H,23,25). The molecule has 0 saturated carbocycles. The van der Waals surface area contributed by atoms with Crippen LogP contribution in [0.1, 0.15) is 15.9 Å². The van der Waals surface area contributed by atoms with Crippen molar-refractivity contribution in [3.63, 3.8) is 0 Å². The van der Waals surface area contributed by atoms with E-state index in [1.165, 1.54) is 6.20 Å². The zero-order valence-electron chi connectivity index (χ0n) is 13.5. The van der Waals surface area contributed by atoms with Gasteiger partial charge in [-0.25, -0.2) is 0 Å². The Kier molecular flexibility index (Phi) is 3.54. The van der Waals surface area contributed by atoms with Crippen molar-refractivity contribution in [1.29, 1.82) is 0 Å². The lowest BCUT2D eigenvalue weighted by molar-refractivity contribution is 0.102. The van der Waals surface area contributed by atoms with Gasteiger partial charge in [0.1, 0.15) is 5.56 Å². The van der Waals surface area contributed by atoms with E-state index in [0.29, 0.717) is 16.6 Å². The summed E-state index contributed by atoms with van der Waals surface area (Å²) in [6.45, 7) is 1.97. The molecule has 2 aromatic heterocycles. The number of hydrogen-bond donors (Lipinski definition) is 2. The summed E-state index contributed by atoms with van der Waals surface area (Å²) in [5, 5.41) is 4.17. The fraction of sp³-hybridized carbons (Fsp3) is 0.0500. The molecule has 2 N–H and O–H groups in total. The molecule has 0 saturated heterocycles. The van der Waals surface area contributed by atoms with E-state index in [2.05, 4.69) is 15.3 Å². The van der Waals surface area contributed by atoms with Gasteiger partial charge in [-0.3, -0.25) is 14.6 Å². The van der Waals surface area contributed by atoms with Crippen molar-refractivity contribution >= 4 is 33.4 Å². The predicted molar refractivity (Wildman–Crippen MR) is 99.0 cm³/mol. The van der Waals surface area contributed by atoms with E-state index in [4.69, 9.17) is 0 Å². The highest BCUT2D eigenvalue weighted by Crippen LogP contribution is 2.24. The van der Waals surface area contributed by atoms with Crippen LogP contribution in [0.3, 0.4) is 0 Å². The molecule has 122 valence electrons. The van der Waals surface area contributed by atoms with Crippen LogP contribution in [0.15, 0.2) is 65.7 Å². The van der Waals surface area contributed by atoms with Gasteiger partial charge in [0.15, 0.2) is 0 Å². The first-order chi connectivity index (χ1) is 12.1. The lowest BCUT2D eigenvalue weighted by Crippen LogP contribution is -2.22. The molecule has 2 heterocycles. The van der Waals surface area contributed by atoms with E-state index in [-0.39, 0.29) is 11.0 Å². The second kappa shape index (κ2) is 5.87. The molecule has 0 spiro atoms. The molecule has 0 aliphatic carbocycles. The van der Waals surface area contributed by atoms with Gasteiger partial charge >= 0.3 is 0 Å². The molecule has 0 aliphatic heterocycles. The van der Waals surface area contributed by atoms with E-state index in [9.17, 15) is 9.59 Å². The number of carbonyl (C=O) groups excluding carboxylic acids is 1. The van der Waals surface area contributed by atoms with Crippen LogP contribution in [0.4, 0.5) is 5.69 Å². The van der Waals surface area contributed by atoms with Crippen LogP contribution in [0.2, 0.25) is 0 Å². The summed E-state index contributed by atoms with van der Waals surface area (Å²) in [6.07, 6.45) is 3.17. The zero-order valence-corrected chi connectivity index (χ0v) is 13.5. The number of nitrogens with one attached hydrogen (secondary N) is 2. The van der Waals surface area contributed by atoms with Crippen LogP contribution in [-0.4, -0.2) is 15.9 Å². The van der Waals surface area contributed by atoms with Gasteiger partial charge in [0.2, 0.25) is 5.43 Å². The third-order valence-corrected chi connectivity index (χ3v) is 4.25. The van der Waals surface area contributed by atoms with Crippen molar-refractivity contribution in [2.75, 3.05) is 5.32 Å². The molecular formula is C20H15N3O2. The number of aromatic nitrogens is 2. The minimum atomic E-state index is -0.444. The number of anilines is 1. The monoisotopic (exact) mass is 329 g/mol. The summed E-state index contributed by atoms with van der Waals surface area (Å²) in [7, 11) is 0. The van der Waals surface area contributed by atoms with Crippen molar-refractivity contribution in [1.82, 2.24) is 9.97 Å². The summed E-state index contributed by atoms with van der Waals surface area (Å²) in [6, 6.07) is 14.6. The zero-order chi connectivity index (χ0) is 17.4. The quantitative estimate of drug-likeness (QED) is 0.589. The van der Waals surface area contributed by atoms with Gasteiger partial charge in [0.05, 0.1) is 11.2 Å². The molecule has 1 amide bonds. The van der Waals surface area contributed by atoms with E-state index in [1.807, 2.05) is 37.3 Å². The van der Waals surface area contributed by atoms with Gasteiger partial charge in [-0.1, -0.05) is 18.2 Å². The normalized spacial score (nSPS) is 10.9. The molecule has 4 rings (SSSR count). The van der Waals surface area contributed by atoms with Crippen molar-refractivity contribution in [3.8, 4) is 0 Å². The molecule has 0 radical (unpaired) electrons. The number of pyridine rings is 2. The fourth-order valence-corrected chi connectivity index (χ4v) is 2.95. The van der Waals surface area contributed by atoms with Gasteiger partial charge in [0.25, 0.3) is 5.91 Å². The predicted octanol–water partition coefficient (Wildman–Crippen LogP) is 3.64. The maximum absolute atomic E-state index is 12.7. The lowest BCUT2D eigenvalue weighted by atomic mass is 10.1. The number of aromatic amines is 1. The van der Waals surface area contributed by atoms with E-state index >= 15 is 0 Å². The number of fused-ring (bicyclic) bond motifs is 2. The summed E-state index contributed by atoms with van der Waals surface area (Å²) < 4.78 is 0. The van der Waals surface area contributed by atoms with Crippen LogP contribution < -0.4 is 10.7 Å². The fourth-order valence-electron chi connectivity index (χ4n) is 2.95. The summed E-state index contributed by atoms with van der Waals surface area (Å²) >= 11 is 0. The minimum absolute atomic E-state index is 0.0799. The Morgan fingerprint density at radius 2 is 1.84 bits per heavy atom. The SMILES string of the molecule is Cc1ccc(NC(=O)c2c[nH]c3ccccc3c2=O)c2cccnc12. The highest BCUT2D eigenvalue weighted by Gasteiger charge is 2.14. The molecule has 5 nitrogen and oxygen atoms in total. The van der Waals surface area contributed by atoms with E-state index in [0.717, 1.165) is 16.5 Å². The summed E-state index contributed by atoms with van der Waals surface area (Å²) in [4.78, 5) is 32.6. The highest BCUT2D eigenvalue weighted by molar-refractivity contribution is 6.09. The minimum Gasteiger partial charge on any atom is -0.360 e. The van der Waals surface area contributed by atoms with Crippen LogP contribution in [0.5, 0.6) is 0 Å². The largest absolute Gasteiger partial charge is 0.360 e. The Hall–Kier alpha value is -3.47. The number of aryl methyl sites for hydroxylation is 1. The van der Waals surface area contributed by atoms with Gasteiger partial charge in [-0.05, 0) is 42.8 Å². The average Bonchev–Trinajstić information content (AvgIpc) is 2.65. The van der Waals surface area contributed by atoms with Gasteiger partial charge in [-0.2, -0.15) is 0 Å². The maximum atomic E-state index is 12.7. The Morgan fingerprint density at radius 3 is 2.72 bits per heavy atom. The summed E-state index contributed by atoms with van der Waals surface area (Å²) in [5.74, 6) is -0.444. The van der Waals surface area contributed by atoms with E-state index < -0.39 is 5.91 Å². The molecule has 0 fully saturated rings. The number of carbonyl (C=O) groups is 1. The van der Waals surface area contributed by atoms with Gasteiger partial charge in [0, 0.05) is 28.7 Å². The van der Waals surface area contributed by atoms with Gasteiger partial charge in [-0.15, -0.1) is 0 Å². The Morgan fingerprint density at radius 1 is 1.04 bits per heavy atom. The first-order valence-corrected chi connectivity index (χ1v) is 7.91. The lowest BCUT2D eigenvalue weighted by Gasteiger charge is -2.10. The second-order valence-electron chi connectivity index (χ2n) is 5.86.